The second-order valence-electron chi connectivity index (χ2n) is 3.27. The number of anilines is 1. The normalized spacial score (nSPS) is 9.92. The maximum atomic E-state index is 5.33. The highest BCUT2D eigenvalue weighted by atomic mass is 16.5. The minimum Gasteiger partial charge on any atom is -0.496 e. The quantitative estimate of drug-likeness (QED) is 0.753. The van der Waals surface area contributed by atoms with Crippen LogP contribution in [0.3, 0.4) is 0 Å². The number of ether oxygens (including phenoxy) is 1. The number of rotatable bonds is 2. The minimum absolute atomic E-state index is 0.997. The lowest BCUT2D eigenvalue weighted by Gasteiger charge is -2.14. The Morgan fingerprint density at radius 3 is 2.23 bits per heavy atom. The Kier molecular flexibility index (Phi) is 2.81. The molecule has 72 valence electrons. The van der Waals surface area contributed by atoms with Gasteiger partial charge in [0.15, 0.2) is 0 Å². The first kappa shape index (κ1) is 9.90. The van der Waals surface area contributed by atoms with E-state index < -0.39 is 0 Å². The lowest BCUT2D eigenvalue weighted by molar-refractivity contribution is 0.408. The average molecular weight is 179 g/mol. The molecule has 1 aromatic rings. The average Bonchev–Trinajstić information content (AvgIpc) is 2.12. The number of hydrogen-bond acceptors (Lipinski definition) is 2. The van der Waals surface area contributed by atoms with Gasteiger partial charge in [0.05, 0.1) is 7.11 Å². The minimum atomic E-state index is 0.997. The van der Waals surface area contributed by atoms with E-state index in [9.17, 15) is 0 Å². The third-order valence-corrected chi connectivity index (χ3v) is 2.50. The molecule has 0 bridgehead atoms. The van der Waals surface area contributed by atoms with Gasteiger partial charge in [0.2, 0.25) is 0 Å². The van der Waals surface area contributed by atoms with Crippen molar-refractivity contribution in [3.8, 4) is 5.75 Å². The number of nitrogens with one attached hydrogen (secondary N) is 1. The highest BCUT2D eigenvalue weighted by molar-refractivity contribution is 5.61. The zero-order valence-electron chi connectivity index (χ0n) is 8.99. The SMILES string of the molecule is CNc1cc(C)c(OC)c(C)c1C. The summed E-state index contributed by atoms with van der Waals surface area (Å²) < 4.78 is 5.33. The van der Waals surface area contributed by atoms with E-state index >= 15 is 0 Å². The highest BCUT2D eigenvalue weighted by Gasteiger charge is 2.08. The molecule has 0 aliphatic heterocycles. The molecular formula is C11H17NO. The smallest absolute Gasteiger partial charge is 0.125 e. The summed E-state index contributed by atoms with van der Waals surface area (Å²) in [5, 5.41) is 3.17. The van der Waals surface area contributed by atoms with Gasteiger partial charge >= 0.3 is 0 Å². The second-order valence-corrected chi connectivity index (χ2v) is 3.27. The summed E-state index contributed by atoms with van der Waals surface area (Å²) in [6.45, 7) is 6.25. The molecule has 0 fully saturated rings. The summed E-state index contributed by atoms with van der Waals surface area (Å²) in [5.41, 5.74) is 4.82. The van der Waals surface area contributed by atoms with Crippen LogP contribution in [-0.4, -0.2) is 14.2 Å². The van der Waals surface area contributed by atoms with Gasteiger partial charge in [-0.1, -0.05) is 0 Å². The van der Waals surface area contributed by atoms with Crippen LogP contribution in [0.1, 0.15) is 16.7 Å². The van der Waals surface area contributed by atoms with Crippen LogP contribution in [0.25, 0.3) is 0 Å². The third-order valence-electron chi connectivity index (χ3n) is 2.50. The first-order chi connectivity index (χ1) is 6.11. The van der Waals surface area contributed by atoms with Gasteiger partial charge < -0.3 is 10.1 Å². The van der Waals surface area contributed by atoms with Gasteiger partial charge in [-0.3, -0.25) is 0 Å². The third kappa shape index (κ3) is 1.62. The van der Waals surface area contributed by atoms with Crippen molar-refractivity contribution in [3.05, 3.63) is 22.8 Å². The summed E-state index contributed by atoms with van der Waals surface area (Å²) >= 11 is 0. The van der Waals surface area contributed by atoms with Crippen molar-refractivity contribution in [1.29, 1.82) is 0 Å². The Morgan fingerprint density at radius 2 is 1.77 bits per heavy atom. The van der Waals surface area contributed by atoms with E-state index in [1.54, 1.807) is 7.11 Å². The van der Waals surface area contributed by atoms with Crippen molar-refractivity contribution in [3.63, 3.8) is 0 Å². The molecule has 0 spiro atoms. The molecule has 0 aliphatic rings. The lowest BCUT2D eigenvalue weighted by atomic mass is 10.0. The Balaban J connectivity index is 3.37. The van der Waals surface area contributed by atoms with Crippen molar-refractivity contribution in [1.82, 2.24) is 0 Å². The summed E-state index contributed by atoms with van der Waals surface area (Å²) in [5.74, 6) is 0.997. The number of hydrogen-bond donors (Lipinski definition) is 1. The maximum absolute atomic E-state index is 5.33. The molecule has 0 saturated heterocycles. The van der Waals surface area contributed by atoms with Gasteiger partial charge in [-0.25, -0.2) is 0 Å². The van der Waals surface area contributed by atoms with Gasteiger partial charge in [-0.2, -0.15) is 0 Å². The van der Waals surface area contributed by atoms with E-state index in [4.69, 9.17) is 4.74 Å². The summed E-state index contributed by atoms with van der Waals surface area (Å²) in [6, 6.07) is 2.11. The lowest BCUT2D eigenvalue weighted by Crippen LogP contribution is -1.99. The molecule has 0 aromatic heterocycles. The Labute approximate surface area is 79.9 Å². The van der Waals surface area contributed by atoms with Crippen molar-refractivity contribution >= 4 is 5.69 Å². The zero-order chi connectivity index (χ0) is 10.0. The van der Waals surface area contributed by atoms with E-state index in [2.05, 4.69) is 32.2 Å². The van der Waals surface area contributed by atoms with Gasteiger partial charge in [0, 0.05) is 12.7 Å². The van der Waals surface area contributed by atoms with Crippen LogP contribution in [0.2, 0.25) is 0 Å². The van der Waals surface area contributed by atoms with Crippen molar-refractivity contribution in [2.75, 3.05) is 19.5 Å². The van der Waals surface area contributed by atoms with Crippen LogP contribution in [0.15, 0.2) is 6.07 Å². The van der Waals surface area contributed by atoms with Crippen molar-refractivity contribution in [2.24, 2.45) is 0 Å². The predicted octanol–water partition coefficient (Wildman–Crippen LogP) is 2.66. The Bertz CT molecular complexity index is 318. The van der Waals surface area contributed by atoms with Crippen LogP contribution < -0.4 is 10.1 Å². The molecule has 13 heavy (non-hydrogen) atoms. The van der Waals surface area contributed by atoms with Crippen molar-refractivity contribution in [2.45, 2.75) is 20.8 Å². The van der Waals surface area contributed by atoms with Crippen LogP contribution in [0, 0.1) is 20.8 Å². The molecule has 0 heterocycles. The van der Waals surface area contributed by atoms with E-state index in [1.165, 1.54) is 22.4 Å². The Morgan fingerprint density at radius 1 is 1.15 bits per heavy atom. The highest BCUT2D eigenvalue weighted by Crippen LogP contribution is 2.30. The molecule has 2 nitrogen and oxygen atoms in total. The largest absolute Gasteiger partial charge is 0.496 e. The molecule has 0 radical (unpaired) electrons. The topological polar surface area (TPSA) is 21.3 Å². The number of methoxy groups -OCH3 is 1. The fourth-order valence-electron chi connectivity index (χ4n) is 1.63. The fraction of sp³-hybridized carbons (Fsp3) is 0.455. The first-order valence-electron chi connectivity index (χ1n) is 4.44. The molecule has 2 heteroatoms. The number of aryl methyl sites for hydroxylation is 1. The summed E-state index contributed by atoms with van der Waals surface area (Å²) in [7, 11) is 3.65. The molecular weight excluding hydrogens is 162 g/mol. The monoisotopic (exact) mass is 179 g/mol. The molecule has 0 saturated carbocycles. The molecule has 0 aliphatic carbocycles. The summed E-state index contributed by atoms with van der Waals surface area (Å²) in [4.78, 5) is 0. The Hall–Kier alpha value is -1.18. The van der Waals surface area contributed by atoms with E-state index in [0.717, 1.165) is 5.75 Å². The molecule has 1 rings (SSSR count). The van der Waals surface area contributed by atoms with Crippen LogP contribution in [0.5, 0.6) is 5.75 Å². The predicted molar refractivity (Wildman–Crippen MR) is 56.8 cm³/mol. The standard InChI is InChI=1S/C11H17NO/c1-7-6-10(12-4)8(2)9(3)11(7)13-5/h6,12H,1-5H3. The fourth-order valence-corrected chi connectivity index (χ4v) is 1.63. The molecule has 0 amide bonds. The van der Waals surface area contributed by atoms with Gasteiger partial charge in [0.25, 0.3) is 0 Å². The van der Waals surface area contributed by atoms with Gasteiger partial charge in [0.1, 0.15) is 5.75 Å². The molecule has 0 unspecified atom stereocenters. The van der Waals surface area contributed by atoms with E-state index in [1.807, 2.05) is 7.05 Å². The molecule has 1 N–H and O–H groups in total. The molecule has 0 atom stereocenters. The first-order valence-corrected chi connectivity index (χ1v) is 4.44. The van der Waals surface area contributed by atoms with Gasteiger partial charge in [-0.15, -0.1) is 0 Å². The summed E-state index contributed by atoms with van der Waals surface area (Å²) in [6.07, 6.45) is 0. The second kappa shape index (κ2) is 3.69. The van der Waals surface area contributed by atoms with E-state index in [0.29, 0.717) is 0 Å². The van der Waals surface area contributed by atoms with Crippen molar-refractivity contribution < 1.29 is 4.74 Å². The number of benzene rings is 1. The van der Waals surface area contributed by atoms with Crippen LogP contribution in [0.4, 0.5) is 5.69 Å². The maximum Gasteiger partial charge on any atom is 0.125 e. The zero-order valence-corrected chi connectivity index (χ0v) is 8.99. The van der Waals surface area contributed by atoms with Gasteiger partial charge in [-0.05, 0) is 43.5 Å². The van der Waals surface area contributed by atoms with Crippen LogP contribution in [-0.2, 0) is 0 Å². The molecule has 1 aromatic carbocycles. The van der Waals surface area contributed by atoms with E-state index in [-0.39, 0.29) is 0 Å². The van der Waals surface area contributed by atoms with Crippen LogP contribution >= 0.6 is 0 Å².